The van der Waals surface area contributed by atoms with Crippen LogP contribution >= 0.6 is 0 Å². The fourth-order valence-corrected chi connectivity index (χ4v) is 3.06. The van der Waals surface area contributed by atoms with Crippen molar-refractivity contribution in [3.05, 3.63) is 65.2 Å². The third-order valence-corrected chi connectivity index (χ3v) is 4.40. The Balaban J connectivity index is 2.20. The Bertz CT molecular complexity index is 780. The molecule has 0 atom stereocenters. The Labute approximate surface area is 123 Å². The molecule has 0 aliphatic rings. The third-order valence-electron chi connectivity index (χ3n) is 2.94. The number of nitrogens with zero attached hydrogens (tertiary/aromatic N) is 1. The average molecular weight is 302 g/mol. The van der Waals surface area contributed by atoms with Gasteiger partial charge in [0, 0.05) is 6.54 Å². The molecule has 0 aromatic heterocycles. The first-order valence-corrected chi connectivity index (χ1v) is 7.72. The van der Waals surface area contributed by atoms with Gasteiger partial charge in [-0.2, -0.15) is 5.26 Å². The van der Waals surface area contributed by atoms with Gasteiger partial charge in [0.05, 0.1) is 17.1 Å². The molecule has 0 bridgehead atoms. The maximum atomic E-state index is 12.2. The Hall–Kier alpha value is -2.20. The second-order valence-corrected chi connectivity index (χ2v) is 6.15. The minimum Gasteiger partial charge on any atom is -0.392 e. The summed E-state index contributed by atoms with van der Waals surface area (Å²) in [5.41, 5.74) is 1.55. The quantitative estimate of drug-likeness (QED) is 0.876. The molecule has 0 aliphatic carbocycles. The zero-order valence-electron chi connectivity index (χ0n) is 11.2. The molecule has 0 saturated carbocycles. The van der Waals surface area contributed by atoms with E-state index in [2.05, 4.69) is 4.72 Å². The van der Waals surface area contributed by atoms with Crippen molar-refractivity contribution >= 4 is 10.0 Å². The second-order valence-electron chi connectivity index (χ2n) is 4.41. The van der Waals surface area contributed by atoms with Gasteiger partial charge in [0.15, 0.2) is 0 Å². The molecule has 0 spiro atoms. The van der Waals surface area contributed by atoms with Crippen LogP contribution in [0.2, 0.25) is 0 Å². The molecule has 2 aromatic rings. The van der Waals surface area contributed by atoms with Crippen molar-refractivity contribution in [2.24, 2.45) is 0 Å². The molecule has 0 saturated heterocycles. The van der Waals surface area contributed by atoms with Gasteiger partial charge < -0.3 is 5.11 Å². The van der Waals surface area contributed by atoms with Crippen molar-refractivity contribution in [1.82, 2.24) is 4.72 Å². The normalized spacial score (nSPS) is 11.0. The highest BCUT2D eigenvalue weighted by molar-refractivity contribution is 7.89. The van der Waals surface area contributed by atoms with Gasteiger partial charge >= 0.3 is 0 Å². The van der Waals surface area contributed by atoms with Gasteiger partial charge in [-0.3, -0.25) is 0 Å². The molecule has 0 radical (unpaired) electrons. The average Bonchev–Trinajstić information content (AvgIpc) is 2.53. The van der Waals surface area contributed by atoms with Gasteiger partial charge in [-0.25, -0.2) is 13.1 Å². The SMILES string of the molecule is N#Cc1ccccc1S(=O)(=O)NCc1cccc(CO)c1. The first-order chi connectivity index (χ1) is 10.1. The number of aliphatic hydroxyl groups excluding tert-OH is 1. The van der Waals surface area contributed by atoms with Gasteiger partial charge in [0.2, 0.25) is 10.0 Å². The highest BCUT2D eigenvalue weighted by Crippen LogP contribution is 2.15. The second kappa shape index (κ2) is 6.50. The highest BCUT2D eigenvalue weighted by Gasteiger charge is 2.17. The van der Waals surface area contributed by atoms with E-state index in [9.17, 15) is 8.42 Å². The van der Waals surface area contributed by atoms with E-state index in [-0.39, 0.29) is 23.6 Å². The molecule has 2 N–H and O–H groups in total. The number of hydrogen-bond acceptors (Lipinski definition) is 4. The fraction of sp³-hybridized carbons (Fsp3) is 0.133. The number of nitrogens with one attached hydrogen (secondary N) is 1. The zero-order valence-corrected chi connectivity index (χ0v) is 12.0. The minimum atomic E-state index is -3.76. The van der Waals surface area contributed by atoms with Crippen LogP contribution in [-0.2, 0) is 23.2 Å². The van der Waals surface area contributed by atoms with Crippen LogP contribution in [-0.4, -0.2) is 13.5 Å². The number of hydrogen-bond donors (Lipinski definition) is 2. The smallest absolute Gasteiger partial charge is 0.242 e. The van der Waals surface area contributed by atoms with E-state index in [1.54, 1.807) is 36.4 Å². The van der Waals surface area contributed by atoms with Crippen LogP contribution < -0.4 is 4.72 Å². The largest absolute Gasteiger partial charge is 0.392 e. The molecule has 5 nitrogen and oxygen atoms in total. The summed E-state index contributed by atoms with van der Waals surface area (Å²) in [6, 6.07) is 14.9. The molecule has 0 amide bonds. The molecule has 0 unspecified atom stereocenters. The monoisotopic (exact) mass is 302 g/mol. The number of nitriles is 1. The lowest BCUT2D eigenvalue weighted by molar-refractivity contribution is 0.281. The Kier molecular flexibility index (Phi) is 4.70. The van der Waals surface area contributed by atoms with Crippen molar-refractivity contribution in [3.63, 3.8) is 0 Å². The van der Waals surface area contributed by atoms with Crippen molar-refractivity contribution < 1.29 is 13.5 Å². The number of sulfonamides is 1. The Morgan fingerprint density at radius 1 is 1.10 bits per heavy atom. The molecule has 6 heteroatoms. The van der Waals surface area contributed by atoms with E-state index >= 15 is 0 Å². The summed E-state index contributed by atoms with van der Waals surface area (Å²) in [4.78, 5) is -0.0363. The maximum Gasteiger partial charge on any atom is 0.242 e. The number of aliphatic hydroxyl groups is 1. The molecular weight excluding hydrogens is 288 g/mol. The van der Waals surface area contributed by atoms with Gasteiger partial charge in [0.1, 0.15) is 6.07 Å². The number of benzene rings is 2. The van der Waals surface area contributed by atoms with Crippen molar-refractivity contribution in [3.8, 4) is 6.07 Å². The van der Waals surface area contributed by atoms with Crippen LogP contribution in [0, 0.1) is 11.3 Å². The lowest BCUT2D eigenvalue weighted by atomic mass is 10.1. The Morgan fingerprint density at radius 2 is 1.81 bits per heavy atom. The molecule has 0 aliphatic heterocycles. The lowest BCUT2D eigenvalue weighted by Gasteiger charge is -2.08. The summed E-state index contributed by atoms with van der Waals surface area (Å²) >= 11 is 0. The molecule has 108 valence electrons. The van der Waals surface area contributed by atoms with Crippen molar-refractivity contribution in [1.29, 1.82) is 5.26 Å². The van der Waals surface area contributed by atoms with E-state index in [1.165, 1.54) is 12.1 Å². The number of rotatable bonds is 5. The first-order valence-electron chi connectivity index (χ1n) is 6.24. The zero-order chi connectivity index (χ0) is 15.3. The first kappa shape index (κ1) is 15.2. The van der Waals surface area contributed by atoms with E-state index in [4.69, 9.17) is 10.4 Å². The van der Waals surface area contributed by atoms with Gasteiger partial charge in [-0.05, 0) is 23.3 Å². The van der Waals surface area contributed by atoms with Crippen molar-refractivity contribution in [2.75, 3.05) is 0 Å². The van der Waals surface area contributed by atoms with Crippen LogP contribution in [0.5, 0.6) is 0 Å². The van der Waals surface area contributed by atoms with E-state index in [0.29, 0.717) is 5.56 Å². The molecule has 0 fully saturated rings. The topological polar surface area (TPSA) is 90.2 Å². The molecule has 2 aromatic carbocycles. The Morgan fingerprint density at radius 3 is 2.52 bits per heavy atom. The van der Waals surface area contributed by atoms with Crippen molar-refractivity contribution in [2.45, 2.75) is 18.0 Å². The summed E-state index contributed by atoms with van der Waals surface area (Å²) in [6.45, 7) is -0.00616. The summed E-state index contributed by atoms with van der Waals surface area (Å²) in [5.74, 6) is 0. The van der Waals surface area contributed by atoms with Gasteiger partial charge in [-0.1, -0.05) is 36.4 Å². The molecule has 0 heterocycles. The van der Waals surface area contributed by atoms with Crippen LogP contribution in [0.15, 0.2) is 53.4 Å². The molecule has 2 rings (SSSR count). The lowest BCUT2D eigenvalue weighted by Crippen LogP contribution is -2.24. The van der Waals surface area contributed by atoms with E-state index < -0.39 is 10.0 Å². The summed E-state index contributed by atoms with van der Waals surface area (Å²) in [6.07, 6.45) is 0. The van der Waals surface area contributed by atoms with Gasteiger partial charge in [0.25, 0.3) is 0 Å². The predicted molar refractivity (Wildman–Crippen MR) is 77.5 cm³/mol. The summed E-state index contributed by atoms with van der Waals surface area (Å²) in [7, 11) is -3.76. The van der Waals surface area contributed by atoms with Crippen LogP contribution in [0.3, 0.4) is 0 Å². The summed E-state index contributed by atoms with van der Waals surface area (Å²) < 4.78 is 26.9. The van der Waals surface area contributed by atoms with Crippen LogP contribution in [0.1, 0.15) is 16.7 Å². The summed E-state index contributed by atoms with van der Waals surface area (Å²) in [5, 5.41) is 18.0. The van der Waals surface area contributed by atoms with E-state index in [1.807, 2.05) is 6.07 Å². The third kappa shape index (κ3) is 3.67. The molecule has 21 heavy (non-hydrogen) atoms. The highest BCUT2D eigenvalue weighted by atomic mass is 32.2. The standard InChI is InChI=1S/C15H14N2O3S/c16-9-14-6-1-2-7-15(14)21(19,20)17-10-12-4-3-5-13(8-12)11-18/h1-8,17-18H,10-11H2. The maximum absolute atomic E-state index is 12.2. The fourth-order valence-electron chi connectivity index (χ4n) is 1.89. The van der Waals surface area contributed by atoms with Crippen LogP contribution in [0.25, 0.3) is 0 Å². The van der Waals surface area contributed by atoms with Gasteiger partial charge in [-0.15, -0.1) is 0 Å². The predicted octanol–water partition coefficient (Wildman–Crippen LogP) is 1.53. The van der Waals surface area contributed by atoms with E-state index in [0.717, 1.165) is 5.56 Å². The molecular formula is C15H14N2O3S. The van der Waals surface area contributed by atoms with Crippen LogP contribution in [0.4, 0.5) is 0 Å². The minimum absolute atomic E-state index is 0.0363.